The molecule has 8 heteroatoms. The monoisotopic (exact) mass is 478 g/mol. The van der Waals surface area contributed by atoms with Crippen molar-refractivity contribution in [3.05, 3.63) is 69.0 Å². The third kappa shape index (κ3) is 6.20. The highest BCUT2D eigenvalue weighted by molar-refractivity contribution is 7.16. The van der Waals surface area contributed by atoms with Crippen LogP contribution >= 0.6 is 34.5 Å². The molecule has 5 nitrogen and oxygen atoms in total. The van der Waals surface area contributed by atoms with Crippen LogP contribution in [0, 0.1) is 5.92 Å². The molecule has 1 heterocycles. The highest BCUT2D eigenvalue weighted by Gasteiger charge is 2.23. The molecule has 2 aromatic carbocycles. The second-order valence-corrected chi connectivity index (χ2v) is 9.59. The van der Waals surface area contributed by atoms with Crippen LogP contribution in [0.1, 0.15) is 24.3 Å². The number of hydrogen-bond donors (Lipinski definition) is 2. The lowest BCUT2D eigenvalue weighted by Gasteiger charge is -2.23. The van der Waals surface area contributed by atoms with Crippen molar-refractivity contribution in [2.75, 3.05) is 11.4 Å². The number of benzene rings is 2. The molecule has 0 saturated heterocycles. The lowest BCUT2D eigenvalue weighted by Crippen LogP contribution is -2.36. The lowest BCUT2D eigenvalue weighted by molar-refractivity contribution is -0.146. The minimum Gasteiger partial charge on any atom is -0.479 e. The van der Waals surface area contributed by atoms with E-state index in [0.717, 1.165) is 28.1 Å². The van der Waals surface area contributed by atoms with Crippen molar-refractivity contribution < 1.29 is 15.0 Å². The number of aromatic nitrogens is 1. The molecule has 0 saturated carbocycles. The molecule has 0 fully saturated rings. The van der Waals surface area contributed by atoms with Gasteiger partial charge in [0.25, 0.3) is 0 Å². The molecule has 1 aromatic heterocycles. The van der Waals surface area contributed by atoms with Crippen molar-refractivity contribution in [3.8, 4) is 11.3 Å². The standard InChI is InChI=1S/C23H24Cl2N2O3S/c1-14(2)10-20-21(16-8-9-17(24)18(25)11-16)26-23(31-20)27(13-19(28)22(29)30)12-15-6-4-3-5-7-15/h3-9,11,14,19,28H,10,12-13H2,1-2H3,(H,29,30). The maximum Gasteiger partial charge on any atom is 0.334 e. The van der Waals surface area contributed by atoms with Crippen LogP contribution in [-0.4, -0.2) is 33.8 Å². The average Bonchev–Trinajstić information content (AvgIpc) is 3.13. The maximum absolute atomic E-state index is 11.3. The fourth-order valence-corrected chi connectivity index (χ4v) is 4.75. The highest BCUT2D eigenvalue weighted by Crippen LogP contribution is 2.37. The molecule has 1 atom stereocenters. The van der Waals surface area contributed by atoms with Gasteiger partial charge in [0.2, 0.25) is 0 Å². The molecular weight excluding hydrogens is 455 g/mol. The summed E-state index contributed by atoms with van der Waals surface area (Å²) in [6.07, 6.45) is -0.706. The molecule has 0 aliphatic heterocycles. The molecule has 0 aliphatic rings. The van der Waals surface area contributed by atoms with Gasteiger partial charge in [-0.1, -0.05) is 73.4 Å². The Bertz CT molecular complexity index is 1040. The number of nitrogens with zero attached hydrogens (tertiary/aromatic N) is 2. The number of rotatable bonds is 9. The van der Waals surface area contributed by atoms with E-state index in [1.165, 1.54) is 11.3 Å². The zero-order valence-electron chi connectivity index (χ0n) is 17.3. The van der Waals surface area contributed by atoms with Crippen LogP contribution in [0.15, 0.2) is 48.5 Å². The van der Waals surface area contributed by atoms with Crippen LogP contribution in [0.2, 0.25) is 10.0 Å². The molecule has 0 radical (unpaired) electrons. The Morgan fingerprint density at radius 3 is 2.45 bits per heavy atom. The number of thiazole rings is 1. The van der Waals surface area contributed by atoms with Gasteiger partial charge in [0.1, 0.15) is 0 Å². The van der Waals surface area contributed by atoms with Gasteiger partial charge in [0, 0.05) is 17.0 Å². The number of aliphatic carboxylic acids is 1. The summed E-state index contributed by atoms with van der Waals surface area (Å²) in [5.41, 5.74) is 2.65. The zero-order valence-corrected chi connectivity index (χ0v) is 19.6. The first-order valence-electron chi connectivity index (χ1n) is 9.89. The number of aliphatic hydroxyl groups excluding tert-OH is 1. The molecule has 0 spiro atoms. The van der Waals surface area contributed by atoms with Crippen molar-refractivity contribution in [1.29, 1.82) is 0 Å². The molecule has 0 aliphatic carbocycles. The Kier molecular flexibility index (Phi) is 7.94. The van der Waals surface area contributed by atoms with E-state index in [0.29, 0.717) is 27.6 Å². The summed E-state index contributed by atoms with van der Waals surface area (Å²) in [6.45, 7) is 4.63. The Morgan fingerprint density at radius 2 is 1.84 bits per heavy atom. The molecular formula is C23H24Cl2N2O3S. The largest absolute Gasteiger partial charge is 0.479 e. The first-order chi connectivity index (χ1) is 14.7. The molecule has 0 amide bonds. The van der Waals surface area contributed by atoms with E-state index in [4.69, 9.17) is 28.2 Å². The van der Waals surface area contributed by atoms with E-state index < -0.39 is 12.1 Å². The lowest BCUT2D eigenvalue weighted by atomic mass is 10.0. The molecule has 1 unspecified atom stereocenters. The summed E-state index contributed by atoms with van der Waals surface area (Å²) in [5, 5.41) is 20.9. The minimum atomic E-state index is -1.52. The third-order valence-electron chi connectivity index (χ3n) is 4.64. The Balaban J connectivity index is 2.03. The maximum atomic E-state index is 11.3. The number of carboxylic acids is 1. The third-order valence-corrected chi connectivity index (χ3v) is 6.52. The van der Waals surface area contributed by atoms with E-state index in [9.17, 15) is 15.0 Å². The van der Waals surface area contributed by atoms with Crippen molar-refractivity contribution >= 4 is 45.6 Å². The molecule has 3 aromatic rings. The van der Waals surface area contributed by atoms with Gasteiger partial charge in [-0.3, -0.25) is 0 Å². The summed E-state index contributed by atoms with van der Waals surface area (Å²) in [7, 11) is 0. The van der Waals surface area contributed by atoms with Gasteiger partial charge in [-0.2, -0.15) is 0 Å². The molecule has 2 N–H and O–H groups in total. The number of halogens is 2. The number of hydrogen-bond acceptors (Lipinski definition) is 5. The normalized spacial score (nSPS) is 12.2. The predicted octanol–water partition coefficient (Wildman–Crippen LogP) is 5.77. The topological polar surface area (TPSA) is 73.7 Å². The van der Waals surface area contributed by atoms with Crippen LogP contribution in [0.5, 0.6) is 0 Å². The fourth-order valence-electron chi connectivity index (χ4n) is 3.15. The van der Waals surface area contributed by atoms with E-state index in [2.05, 4.69) is 13.8 Å². The van der Waals surface area contributed by atoms with Crippen LogP contribution in [-0.2, 0) is 17.8 Å². The minimum absolute atomic E-state index is 0.0698. The first kappa shape index (κ1) is 23.5. The molecule has 3 rings (SSSR count). The van der Waals surface area contributed by atoms with Gasteiger partial charge in [0.15, 0.2) is 11.2 Å². The van der Waals surface area contributed by atoms with E-state index in [1.54, 1.807) is 12.1 Å². The van der Waals surface area contributed by atoms with Gasteiger partial charge in [-0.25, -0.2) is 9.78 Å². The van der Waals surface area contributed by atoms with Gasteiger partial charge in [0.05, 0.1) is 22.3 Å². The van der Waals surface area contributed by atoms with Crippen molar-refractivity contribution in [2.24, 2.45) is 5.92 Å². The van der Waals surface area contributed by atoms with Gasteiger partial charge in [-0.15, -0.1) is 11.3 Å². The summed E-state index contributed by atoms with van der Waals surface area (Å²) in [6, 6.07) is 15.1. The fraction of sp³-hybridized carbons (Fsp3) is 0.304. The average molecular weight is 479 g/mol. The van der Waals surface area contributed by atoms with Crippen molar-refractivity contribution in [1.82, 2.24) is 4.98 Å². The Hall–Kier alpha value is -2.12. The van der Waals surface area contributed by atoms with E-state index in [1.807, 2.05) is 41.3 Å². The van der Waals surface area contributed by atoms with Gasteiger partial charge < -0.3 is 15.1 Å². The Labute approximate surface area is 195 Å². The van der Waals surface area contributed by atoms with Crippen LogP contribution in [0.4, 0.5) is 5.13 Å². The molecule has 0 bridgehead atoms. The van der Waals surface area contributed by atoms with E-state index >= 15 is 0 Å². The first-order valence-corrected chi connectivity index (χ1v) is 11.5. The predicted molar refractivity (Wildman–Crippen MR) is 127 cm³/mol. The quantitative estimate of drug-likeness (QED) is 0.408. The smallest absolute Gasteiger partial charge is 0.334 e. The SMILES string of the molecule is CC(C)Cc1sc(N(Cc2ccccc2)CC(O)C(=O)O)nc1-c1ccc(Cl)c(Cl)c1. The number of anilines is 1. The van der Waals surface area contributed by atoms with Crippen molar-refractivity contribution in [3.63, 3.8) is 0 Å². The second-order valence-electron chi connectivity index (χ2n) is 7.72. The number of carbonyl (C=O) groups is 1. The number of carboxylic acid groups (broad SMARTS) is 1. The van der Waals surface area contributed by atoms with Crippen molar-refractivity contribution in [2.45, 2.75) is 32.9 Å². The summed E-state index contributed by atoms with van der Waals surface area (Å²) < 4.78 is 0. The molecule has 31 heavy (non-hydrogen) atoms. The second kappa shape index (κ2) is 10.5. The molecule has 164 valence electrons. The number of aliphatic hydroxyl groups is 1. The van der Waals surface area contributed by atoms with Gasteiger partial charge >= 0.3 is 5.97 Å². The summed E-state index contributed by atoms with van der Waals surface area (Å²) in [5.74, 6) is -0.858. The van der Waals surface area contributed by atoms with Crippen LogP contribution in [0.25, 0.3) is 11.3 Å². The summed E-state index contributed by atoms with van der Waals surface area (Å²) in [4.78, 5) is 19.0. The van der Waals surface area contributed by atoms with Gasteiger partial charge in [-0.05, 0) is 30.0 Å². The highest BCUT2D eigenvalue weighted by atomic mass is 35.5. The summed E-state index contributed by atoms with van der Waals surface area (Å²) >= 11 is 13.8. The zero-order chi connectivity index (χ0) is 22.5. The Morgan fingerprint density at radius 1 is 1.13 bits per heavy atom. The van der Waals surface area contributed by atoms with Crippen LogP contribution in [0.3, 0.4) is 0 Å². The van der Waals surface area contributed by atoms with Crippen LogP contribution < -0.4 is 4.90 Å². The van der Waals surface area contributed by atoms with E-state index in [-0.39, 0.29) is 6.54 Å².